The van der Waals surface area contributed by atoms with Crippen LogP contribution in [0, 0.1) is 0 Å². The summed E-state index contributed by atoms with van der Waals surface area (Å²) in [6.07, 6.45) is 5.27. The highest BCUT2D eigenvalue weighted by Crippen LogP contribution is 2.22. The molecule has 0 saturated heterocycles. The molecular weight excluding hydrogens is 294 g/mol. The van der Waals surface area contributed by atoms with Crippen LogP contribution in [0.25, 0.3) is 0 Å². The highest BCUT2D eigenvalue weighted by Gasteiger charge is 2.06. The first-order valence-electron chi connectivity index (χ1n) is 6.32. The largest absolute Gasteiger partial charge is 0.316 e. The third-order valence-corrected chi connectivity index (χ3v) is 4.53. The normalized spacial score (nSPS) is 12.6. The highest BCUT2D eigenvalue weighted by atomic mass is 79.9. The molecule has 1 atom stereocenters. The van der Waals surface area contributed by atoms with Crippen molar-refractivity contribution in [3.05, 3.63) is 28.7 Å². The summed E-state index contributed by atoms with van der Waals surface area (Å²) in [4.78, 5) is 1.35. The molecule has 1 aromatic rings. The molecule has 0 amide bonds. The van der Waals surface area contributed by atoms with E-state index in [1.165, 1.54) is 30.6 Å². The Hall–Kier alpha value is 0.01000. The third-order valence-electron chi connectivity index (χ3n) is 2.83. The topological polar surface area (TPSA) is 12.0 Å². The lowest BCUT2D eigenvalue weighted by Crippen LogP contribution is -2.27. The zero-order valence-corrected chi connectivity index (χ0v) is 13.1. The molecule has 0 fully saturated rings. The van der Waals surface area contributed by atoms with E-state index in [0.29, 0.717) is 6.04 Å². The fourth-order valence-electron chi connectivity index (χ4n) is 1.68. The monoisotopic (exact) mass is 315 g/mol. The molecule has 1 N–H and O–H groups in total. The van der Waals surface area contributed by atoms with Crippen LogP contribution in [0.2, 0.25) is 0 Å². The van der Waals surface area contributed by atoms with Crippen LogP contribution in [0.1, 0.15) is 32.6 Å². The number of unbranched alkanes of at least 4 members (excludes halogenated alkanes) is 2. The van der Waals surface area contributed by atoms with Gasteiger partial charge >= 0.3 is 0 Å². The lowest BCUT2D eigenvalue weighted by molar-refractivity contribution is 0.531. The Morgan fingerprint density at radius 3 is 2.53 bits per heavy atom. The molecule has 1 nitrogen and oxygen atoms in total. The first-order chi connectivity index (χ1) is 8.26. The van der Waals surface area contributed by atoms with Gasteiger partial charge in [0.2, 0.25) is 0 Å². The van der Waals surface area contributed by atoms with Crippen molar-refractivity contribution in [2.24, 2.45) is 0 Å². The molecule has 1 rings (SSSR count). The van der Waals surface area contributed by atoms with Gasteiger partial charge in [-0.1, -0.05) is 42.1 Å². The van der Waals surface area contributed by atoms with Crippen LogP contribution >= 0.6 is 27.7 Å². The SMILES string of the molecule is CCCCCC(CSc1ccc(Br)cc1)NC. The lowest BCUT2D eigenvalue weighted by atomic mass is 10.1. The maximum Gasteiger partial charge on any atom is 0.0176 e. The Morgan fingerprint density at radius 2 is 1.94 bits per heavy atom. The summed E-state index contributed by atoms with van der Waals surface area (Å²) in [5.74, 6) is 1.15. The molecule has 0 bridgehead atoms. The highest BCUT2D eigenvalue weighted by molar-refractivity contribution is 9.10. The van der Waals surface area contributed by atoms with Gasteiger partial charge in [-0.05, 0) is 37.7 Å². The molecule has 0 spiro atoms. The van der Waals surface area contributed by atoms with Crippen molar-refractivity contribution in [3.63, 3.8) is 0 Å². The van der Waals surface area contributed by atoms with Gasteiger partial charge in [0.05, 0.1) is 0 Å². The average Bonchev–Trinajstić information content (AvgIpc) is 2.35. The van der Waals surface area contributed by atoms with Gasteiger partial charge in [-0.25, -0.2) is 0 Å². The molecule has 0 aliphatic heterocycles. The van der Waals surface area contributed by atoms with Crippen LogP contribution in [-0.2, 0) is 0 Å². The quantitative estimate of drug-likeness (QED) is 0.551. The molecular formula is C14H22BrNS. The first kappa shape index (κ1) is 15.1. The van der Waals surface area contributed by atoms with Crippen molar-refractivity contribution in [1.82, 2.24) is 5.32 Å². The molecule has 3 heteroatoms. The summed E-state index contributed by atoms with van der Waals surface area (Å²) in [5.41, 5.74) is 0. The third kappa shape index (κ3) is 6.49. The lowest BCUT2D eigenvalue weighted by Gasteiger charge is -2.15. The Labute approximate surface area is 118 Å². The summed E-state index contributed by atoms with van der Waals surface area (Å²) in [6.45, 7) is 2.25. The zero-order valence-electron chi connectivity index (χ0n) is 10.7. The van der Waals surface area contributed by atoms with Crippen molar-refractivity contribution < 1.29 is 0 Å². The number of rotatable bonds is 8. The van der Waals surface area contributed by atoms with Crippen LogP contribution < -0.4 is 5.32 Å². The van der Waals surface area contributed by atoms with Gasteiger partial charge in [0.1, 0.15) is 0 Å². The maximum absolute atomic E-state index is 3.46. The van der Waals surface area contributed by atoms with E-state index in [1.807, 2.05) is 11.8 Å². The zero-order chi connectivity index (χ0) is 12.5. The predicted molar refractivity (Wildman–Crippen MR) is 81.9 cm³/mol. The van der Waals surface area contributed by atoms with E-state index in [2.05, 4.69) is 59.5 Å². The summed E-state index contributed by atoms with van der Waals surface area (Å²) >= 11 is 5.40. The number of nitrogens with one attached hydrogen (secondary N) is 1. The van der Waals surface area contributed by atoms with Crippen LogP contribution in [0.4, 0.5) is 0 Å². The summed E-state index contributed by atoms with van der Waals surface area (Å²) in [5, 5.41) is 3.41. The second-order valence-corrected chi connectivity index (χ2v) is 6.26. The molecule has 0 aliphatic rings. The Morgan fingerprint density at radius 1 is 1.24 bits per heavy atom. The van der Waals surface area contributed by atoms with Crippen molar-refractivity contribution in [1.29, 1.82) is 0 Å². The minimum atomic E-state index is 0.634. The fourth-order valence-corrected chi connectivity index (χ4v) is 3.00. The van der Waals surface area contributed by atoms with Gasteiger partial charge in [-0.15, -0.1) is 11.8 Å². The van der Waals surface area contributed by atoms with Gasteiger partial charge in [0.15, 0.2) is 0 Å². The Bertz CT molecular complexity index is 300. The van der Waals surface area contributed by atoms with E-state index in [0.717, 1.165) is 10.2 Å². The minimum absolute atomic E-state index is 0.634. The summed E-state index contributed by atoms with van der Waals surface area (Å²) < 4.78 is 1.15. The van der Waals surface area contributed by atoms with Crippen LogP contribution in [-0.4, -0.2) is 18.8 Å². The van der Waals surface area contributed by atoms with Gasteiger partial charge in [-0.2, -0.15) is 0 Å². The van der Waals surface area contributed by atoms with Crippen molar-refractivity contribution >= 4 is 27.7 Å². The van der Waals surface area contributed by atoms with Gasteiger partial charge in [0.25, 0.3) is 0 Å². The van der Waals surface area contributed by atoms with Gasteiger partial charge in [-0.3, -0.25) is 0 Å². The predicted octanol–water partition coefficient (Wildman–Crippen LogP) is 4.71. The first-order valence-corrected chi connectivity index (χ1v) is 8.09. The Kier molecular flexibility index (Phi) is 7.99. The average molecular weight is 316 g/mol. The molecule has 0 radical (unpaired) electrons. The van der Waals surface area contributed by atoms with Crippen LogP contribution in [0.3, 0.4) is 0 Å². The second kappa shape index (κ2) is 9.01. The minimum Gasteiger partial charge on any atom is -0.316 e. The van der Waals surface area contributed by atoms with E-state index < -0.39 is 0 Å². The molecule has 1 unspecified atom stereocenters. The smallest absolute Gasteiger partial charge is 0.0176 e. The fraction of sp³-hybridized carbons (Fsp3) is 0.571. The molecule has 0 aromatic heterocycles. The molecule has 0 aliphatic carbocycles. The summed E-state index contributed by atoms with van der Waals surface area (Å²) in [6, 6.07) is 9.19. The van der Waals surface area contributed by atoms with E-state index in [1.54, 1.807) is 0 Å². The second-order valence-electron chi connectivity index (χ2n) is 4.25. The molecule has 17 heavy (non-hydrogen) atoms. The molecule has 0 saturated carbocycles. The summed E-state index contributed by atoms with van der Waals surface area (Å²) in [7, 11) is 2.07. The number of hydrogen-bond acceptors (Lipinski definition) is 2. The number of thioether (sulfide) groups is 1. The number of hydrogen-bond donors (Lipinski definition) is 1. The van der Waals surface area contributed by atoms with Gasteiger partial charge in [0, 0.05) is 21.2 Å². The van der Waals surface area contributed by atoms with E-state index >= 15 is 0 Å². The van der Waals surface area contributed by atoms with Crippen LogP contribution in [0.5, 0.6) is 0 Å². The number of benzene rings is 1. The van der Waals surface area contributed by atoms with E-state index in [-0.39, 0.29) is 0 Å². The number of halogens is 1. The van der Waals surface area contributed by atoms with Crippen molar-refractivity contribution in [3.8, 4) is 0 Å². The molecule has 96 valence electrons. The maximum atomic E-state index is 3.46. The Balaban J connectivity index is 2.29. The molecule has 1 aromatic carbocycles. The van der Waals surface area contributed by atoms with E-state index in [9.17, 15) is 0 Å². The molecule has 0 heterocycles. The van der Waals surface area contributed by atoms with Gasteiger partial charge < -0.3 is 5.32 Å². The van der Waals surface area contributed by atoms with Crippen molar-refractivity contribution in [2.45, 2.75) is 43.5 Å². The standard InChI is InChI=1S/C14H22BrNS/c1-3-4-5-6-13(16-2)11-17-14-9-7-12(15)8-10-14/h7-10,13,16H,3-6,11H2,1-2H3. The van der Waals surface area contributed by atoms with Crippen LogP contribution in [0.15, 0.2) is 33.6 Å². The van der Waals surface area contributed by atoms with Crippen molar-refractivity contribution in [2.75, 3.05) is 12.8 Å². The van der Waals surface area contributed by atoms with E-state index in [4.69, 9.17) is 0 Å².